The second-order valence-corrected chi connectivity index (χ2v) is 8.50. The van der Waals surface area contributed by atoms with E-state index in [0.717, 1.165) is 28.7 Å². The molecule has 1 aromatic heterocycles. The van der Waals surface area contributed by atoms with Gasteiger partial charge in [0.1, 0.15) is 0 Å². The quantitative estimate of drug-likeness (QED) is 0.250. The number of para-hydroxylation sites is 1. The first-order chi connectivity index (χ1) is 15.8. The highest BCUT2D eigenvalue weighted by atomic mass is 14.9. The van der Waals surface area contributed by atoms with Crippen LogP contribution >= 0.6 is 0 Å². The van der Waals surface area contributed by atoms with E-state index in [4.69, 9.17) is 4.98 Å². The molecule has 0 amide bonds. The lowest BCUT2D eigenvalue weighted by Crippen LogP contribution is -1.91. The number of fused-ring (bicyclic) bond motifs is 2. The molecular weight excluding hydrogens is 388 g/mol. The van der Waals surface area contributed by atoms with Crippen LogP contribution in [0.1, 0.15) is 38.2 Å². The minimum atomic E-state index is 0.769. The summed E-state index contributed by atoms with van der Waals surface area (Å²) < 4.78 is 0. The van der Waals surface area contributed by atoms with Crippen LogP contribution in [0, 0.1) is 0 Å². The van der Waals surface area contributed by atoms with Crippen molar-refractivity contribution >= 4 is 21.7 Å². The van der Waals surface area contributed by atoms with Crippen molar-refractivity contribution in [1.82, 2.24) is 9.97 Å². The van der Waals surface area contributed by atoms with E-state index in [9.17, 15) is 0 Å². The van der Waals surface area contributed by atoms with Crippen LogP contribution < -0.4 is 0 Å². The number of rotatable bonds is 7. The standard InChI is InChI=1S/C30H28N2/c1-2-3-4-5-10-22-11-8-14-24(19-22)27-15-9-13-23-17-18-25(20-28(23)27)30-31-21-26-12-6-7-16-29(26)32-30/h6-9,11-21H,2-5,10H2,1H3. The van der Waals surface area contributed by atoms with E-state index in [0.29, 0.717) is 0 Å². The lowest BCUT2D eigenvalue weighted by atomic mass is 9.94. The summed E-state index contributed by atoms with van der Waals surface area (Å²) in [6.45, 7) is 2.26. The third-order valence-electron chi connectivity index (χ3n) is 6.19. The average Bonchev–Trinajstić information content (AvgIpc) is 2.86. The zero-order valence-corrected chi connectivity index (χ0v) is 18.6. The molecule has 2 nitrogen and oxygen atoms in total. The van der Waals surface area contributed by atoms with Crippen molar-refractivity contribution in [2.75, 3.05) is 0 Å². The number of benzene rings is 4. The molecule has 5 aromatic rings. The number of aryl methyl sites for hydroxylation is 1. The maximum absolute atomic E-state index is 4.81. The zero-order chi connectivity index (χ0) is 21.8. The molecule has 0 fully saturated rings. The van der Waals surface area contributed by atoms with Crippen LogP contribution in [0.25, 0.3) is 44.2 Å². The van der Waals surface area contributed by atoms with Crippen LogP contribution in [0.3, 0.4) is 0 Å². The summed E-state index contributed by atoms with van der Waals surface area (Å²) in [6, 6.07) is 30.3. The summed E-state index contributed by atoms with van der Waals surface area (Å²) >= 11 is 0. The van der Waals surface area contributed by atoms with Gasteiger partial charge >= 0.3 is 0 Å². The van der Waals surface area contributed by atoms with Gasteiger partial charge < -0.3 is 0 Å². The Hall–Kier alpha value is -3.52. The van der Waals surface area contributed by atoms with Crippen molar-refractivity contribution in [2.24, 2.45) is 0 Å². The topological polar surface area (TPSA) is 25.8 Å². The predicted molar refractivity (Wildman–Crippen MR) is 136 cm³/mol. The minimum Gasteiger partial charge on any atom is -0.236 e. The fourth-order valence-corrected chi connectivity index (χ4v) is 4.42. The van der Waals surface area contributed by atoms with Crippen LogP contribution in [0.5, 0.6) is 0 Å². The second kappa shape index (κ2) is 9.32. The normalized spacial score (nSPS) is 11.3. The van der Waals surface area contributed by atoms with Crippen molar-refractivity contribution < 1.29 is 0 Å². The van der Waals surface area contributed by atoms with Crippen LogP contribution in [-0.4, -0.2) is 9.97 Å². The highest BCUT2D eigenvalue weighted by molar-refractivity contribution is 5.99. The molecule has 0 N–H and O–H groups in total. The van der Waals surface area contributed by atoms with Gasteiger partial charge in [-0.3, -0.25) is 0 Å². The minimum absolute atomic E-state index is 0.769. The predicted octanol–water partition coefficient (Wildman–Crippen LogP) is 8.24. The van der Waals surface area contributed by atoms with Crippen LogP contribution in [-0.2, 0) is 6.42 Å². The Morgan fingerprint density at radius 1 is 0.688 bits per heavy atom. The van der Waals surface area contributed by atoms with E-state index < -0.39 is 0 Å². The van der Waals surface area contributed by atoms with Gasteiger partial charge in [0.25, 0.3) is 0 Å². The van der Waals surface area contributed by atoms with E-state index in [2.05, 4.69) is 72.6 Å². The Bertz CT molecular complexity index is 1370. The van der Waals surface area contributed by atoms with E-state index in [-0.39, 0.29) is 0 Å². The van der Waals surface area contributed by atoms with Gasteiger partial charge in [0.15, 0.2) is 5.82 Å². The van der Waals surface area contributed by atoms with Gasteiger partial charge in [0, 0.05) is 17.1 Å². The molecule has 0 aliphatic heterocycles. The summed E-state index contributed by atoms with van der Waals surface area (Å²) in [6.07, 6.45) is 8.23. The zero-order valence-electron chi connectivity index (χ0n) is 18.6. The van der Waals surface area contributed by atoms with Gasteiger partial charge in [-0.2, -0.15) is 0 Å². The lowest BCUT2D eigenvalue weighted by molar-refractivity contribution is 0.667. The summed E-state index contributed by atoms with van der Waals surface area (Å²) in [4.78, 5) is 9.44. The fourth-order valence-electron chi connectivity index (χ4n) is 4.42. The lowest BCUT2D eigenvalue weighted by Gasteiger charge is -2.11. The first-order valence-corrected chi connectivity index (χ1v) is 11.7. The number of aromatic nitrogens is 2. The number of hydrogen-bond donors (Lipinski definition) is 0. The third-order valence-corrected chi connectivity index (χ3v) is 6.19. The molecule has 5 rings (SSSR count). The van der Waals surface area contributed by atoms with Crippen LogP contribution in [0.15, 0.2) is 91.1 Å². The maximum Gasteiger partial charge on any atom is 0.159 e. The maximum atomic E-state index is 4.81. The second-order valence-electron chi connectivity index (χ2n) is 8.50. The van der Waals surface area contributed by atoms with Crippen molar-refractivity contribution in [3.8, 4) is 22.5 Å². The Morgan fingerprint density at radius 3 is 2.50 bits per heavy atom. The van der Waals surface area contributed by atoms with Gasteiger partial charge in [0.2, 0.25) is 0 Å². The number of hydrogen-bond acceptors (Lipinski definition) is 2. The van der Waals surface area contributed by atoms with Crippen molar-refractivity contribution in [2.45, 2.75) is 39.0 Å². The van der Waals surface area contributed by atoms with Crippen molar-refractivity contribution in [3.63, 3.8) is 0 Å². The smallest absolute Gasteiger partial charge is 0.159 e. The van der Waals surface area contributed by atoms with Gasteiger partial charge in [-0.15, -0.1) is 0 Å². The summed E-state index contributed by atoms with van der Waals surface area (Å²) in [5.41, 5.74) is 5.98. The first-order valence-electron chi connectivity index (χ1n) is 11.7. The number of nitrogens with zero attached hydrogens (tertiary/aromatic N) is 2. The molecule has 0 unspecified atom stereocenters. The highest BCUT2D eigenvalue weighted by Crippen LogP contribution is 2.32. The van der Waals surface area contributed by atoms with E-state index in [1.165, 1.54) is 53.1 Å². The number of unbranched alkanes of at least 4 members (excludes halogenated alkanes) is 3. The summed E-state index contributed by atoms with van der Waals surface area (Å²) in [7, 11) is 0. The summed E-state index contributed by atoms with van der Waals surface area (Å²) in [5.74, 6) is 0.769. The molecule has 32 heavy (non-hydrogen) atoms. The largest absolute Gasteiger partial charge is 0.236 e. The average molecular weight is 417 g/mol. The van der Waals surface area contributed by atoms with Crippen LogP contribution in [0.2, 0.25) is 0 Å². The van der Waals surface area contributed by atoms with Crippen molar-refractivity contribution in [3.05, 3.63) is 96.7 Å². The fraction of sp³-hybridized carbons (Fsp3) is 0.200. The molecule has 0 saturated carbocycles. The van der Waals surface area contributed by atoms with Gasteiger partial charge in [-0.05, 0) is 52.4 Å². The Balaban J connectivity index is 1.53. The molecule has 0 saturated heterocycles. The van der Waals surface area contributed by atoms with Gasteiger partial charge in [-0.1, -0.05) is 99.0 Å². The molecule has 0 aliphatic rings. The Labute approximate surface area is 190 Å². The van der Waals surface area contributed by atoms with Crippen LogP contribution in [0.4, 0.5) is 0 Å². The molecular formula is C30H28N2. The highest BCUT2D eigenvalue weighted by Gasteiger charge is 2.09. The molecule has 2 heteroatoms. The molecule has 1 heterocycles. The first kappa shape index (κ1) is 20.4. The molecule has 4 aromatic carbocycles. The Kier molecular flexibility index (Phi) is 5.93. The van der Waals surface area contributed by atoms with Gasteiger partial charge in [0.05, 0.1) is 5.52 Å². The summed E-state index contributed by atoms with van der Waals surface area (Å²) in [5, 5.41) is 3.54. The molecule has 0 radical (unpaired) electrons. The van der Waals surface area contributed by atoms with Gasteiger partial charge in [-0.25, -0.2) is 9.97 Å². The van der Waals surface area contributed by atoms with E-state index in [1.54, 1.807) is 0 Å². The monoisotopic (exact) mass is 416 g/mol. The molecule has 0 aliphatic carbocycles. The molecule has 0 spiro atoms. The van der Waals surface area contributed by atoms with E-state index in [1.807, 2.05) is 30.5 Å². The SMILES string of the molecule is CCCCCCc1cccc(-c2cccc3ccc(-c4ncc5ccccc5n4)cc23)c1. The molecule has 0 atom stereocenters. The van der Waals surface area contributed by atoms with E-state index >= 15 is 0 Å². The molecule has 158 valence electrons. The molecule has 0 bridgehead atoms. The third kappa shape index (κ3) is 4.27. The van der Waals surface area contributed by atoms with Crippen molar-refractivity contribution in [1.29, 1.82) is 0 Å². The Morgan fingerprint density at radius 2 is 1.56 bits per heavy atom.